The molecule has 0 unspecified atom stereocenters. The highest BCUT2D eigenvalue weighted by molar-refractivity contribution is 5.85. The van der Waals surface area contributed by atoms with Crippen LogP contribution in [0.5, 0.6) is 0 Å². The third-order valence-corrected chi connectivity index (χ3v) is 6.22. The first-order valence-corrected chi connectivity index (χ1v) is 9.79. The summed E-state index contributed by atoms with van der Waals surface area (Å²) in [5.41, 5.74) is 0.876. The summed E-state index contributed by atoms with van der Waals surface area (Å²) in [6.07, 6.45) is 3.73. The fourth-order valence-corrected chi connectivity index (χ4v) is 4.52. The number of esters is 1. The van der Waals surface area contributed by atoms with Crippen molar-refractivity contribution in [2.45, 2.75) is 31.8 Å². The summed E-state index contributed by atoms with van der Waals surface area (Å²) in [6.45, 7) is 6.71. The lowest BCUT2D eigenvalue weighted by atomic mass is 9.76. The van der Waals surface area contributed by atoms with Crippen LogP contribution in [0.4, 0.5) is 10.1 Å². The predicted molar refractivity (Wildman–Crippen MR) is 113 cm³/mol. The van der Waals surface area contributed by atoms with Crippen molar-refractivity contribution < 1.29 is 13.9 Å². The van der Waals surface area contributed by atoms with Crippen molar-refractivity contribution in [3.8, 4) is 0 Å². The molecule has 3 aliphatic rings. The summed E-state index contributed by atoms with van der Waals surface area (Å²) >= 11 is 0. The molecule has 1 N–H and O–H groups in total. The number of rotatable bonds is 4. The van der Waals surface area contributed by atoms with E-state index in [1.165, 1.54) is 12.1 Å². The van der Waals surface area contributed by atoms with E-state index in [9.17, 15) is 9.18 Å². The van der Waals surface area contributed by atoms with Gasteiger partial charge in [-0.15, -0.1) is 24.8 Å². The number of hydrogen-bond donors (Lipinski definition) is 1. The van der Waals surface area contributed by atoms with Crippen LogP contribution in [0.1, 0.15) is 25.7 Å². The predicted octanol–water partition coefficient (Wildman–Crippen LogP) is 2.87. The molecule has 0 bridgehead atoms. The Hall–Kier alpha value is -1.08. The van der Waals surface area contributed by atoms with Gasteiger partial charge in [0.05, 0.1) is 5.41 Å². The molecule has 3 heterocycles. The van der Waals surface area contributed by atoms with E-state index >= 15 is 0 Å². The molecular weight excluding hydrogens is 404 g/mol. The zero-order chi connectivity index (χ0) is 18.0. The molecule has 0 amide bonds. The molecule has 3 saturated heterocycles. The number of halogens is 3. The van der Waals surface area contributed by atoms with Gasteiger partial charge in [0, 0.05) is 44.8 Å². The van der Waals surface area contributed by atoms with Crippen molar-refractivity contribution in [2.24, 2.45) is 5.41 Å². The minimum atomic E-state index is -0.211. The zero-order valence-corrected chi connectivity index (χ0v) is 17.7. The second kappa shape index (κ2) is 10.1. The number of cyclic esters (lactones) is 1. The third-order valence-electron chi connectivity index (χ3n) is 6.22. The number of piperidine rings is 1. The first-order chi connectivity index (χ1) is 12.6. The fourth-order valence-electron chi connectivity index (χ4n) is 4.52. The molecule has 1 atom stereocenters. The van der Waals surface area contributed by atoms with Gasteiger partial charge in [-0.3, -0.25) is 9.69 Å². The Morgan fingerprint density at radius 2 is 1.71 bits per heavy atom. The van der Waals surface area contributed by atoms with E-state index < -0.39 is 0 Å². The Kier molecular flexibility index (Phi) is 8.37. The number of carbonyl (C=O) groups excluding carboxylic acids is 1. The quantitative estimate of drug-likeness (QED) is 0.739. The summed E-state index contributed by atoms with van der Waals surface area (Å²) in [5.74, 6) is -0.157. The molecule has 0 aliphatic carbocycles. The van der Waals surface area contributed by atoms with Gasteiger partial charge in [-0.2, -0.15) is 0 Å². The summed E-state index contributed by atoms with van der Waals surface area (Å²) < 4.78 is 18.8. The van der Waals surface area contributed by atoms with E-state index in [-0.39, 0.29) is 48.1 Å². The van der Waals surface area contributed by atoms with Crippen LogP contribution in [0.15, 0.2) is 24.3 Å². The zero-order valence-electron chi connectivity index (χ0n) is 16.1. The third kappa shape index (κ3) is 5.09. The smallest absolute Gasteiger partial charge is 0.312 e. The van der Waals surface area contributed by atoms with Crippen LogP contribution < -0.4 is 10.2 Å². The van der Waals surface area contributed by atoms with Crippen molar-refractivity contribution in [1.82, 2.24) is 10.2 Å². The molecule has 5 nitrogen and oxygen atoms in total. The highest BCUT2D eigenvalue weighted by Gasteiger charge is 2.49. The molecule has 0 saturated carbocycles. The highest BCUT2D eigenvalue weighted by Crippen LogP contribution is 2.42. The minimum absolute atomic E-state index is 0. The summed E-state index contributed by atoms with van der Waals surface area (Å²) in [7, 11) is 0. The maximum atomic E-state index is 13.1. The summed E-state index contributed by atoms with van der Waals surface area (Å²) in [4.78, 5) is 17.1. The molecule has 158 valence electrons. The van der Waals surface area contributed by atoms with Gasteiger partial charge in [0.1, 0.15) is 11.9 Å². The van der Waals surface area contributed by atoms with Gasteiger partial charge >= 0.3 is 5.97 Å². The van der Waals surface area contributed by atoms with E-state index in [4.69, 9.17) is 4.74 Å². The Bertz CT molecular complexity index is 633. The molecule has 4 rings (SSSR count). The number of carbonyl (C=O) groups is 1. The number of nitrogens with one attached hydrogen (secondary N) is 1. The lowest BCUT2D eigenvalue weighted by Gasteiger charge is -2.36. The lowest BCUT2D eigenvalue weighted by Crippen LogP contribution is -2.47. The SMILES string of the molecule is Cl.Cl.O=C1O[C@@H](CCN2CCN(c3ccc(F)cc3)CC2)CC12CCNCC2. The number of ether oxygens (including phenoxy) is 1. The molecular formula is C20H30Cl2FN3O2. The van der Waals surface area contributed by atoms with E-state index in [1.54, 1.807) is 0 Å². The molecule has 3 fully saturated rings. The van der Waals surface area contributed by atoms with Crippen molar-refractivity contribution in [3.63, 3.8) is 0 Å². The van der Waals surface area contributed by atoms with Gasteiger partial charge in [0.15, 0.2) is 0 Å². The maximum absolute atomic E-state index is 13.1. The van der Waals surface area contributed by atoms with Crippen LogP contribution in [-0.4, -0.2) is 62.8 Å². The van der Waals surface area contributed by atoms with Crippen molar-refractivity contribution in [1.29, 1.82) is 0 Å². The van der Waals surface area contributed by atoms with Gasteiger partial charge in [0.2, 0.25) is 0 Å². The molecule has 8 heteroatoms. The molecule has 0 aromatic heterocycles. The Morgan fingerprint density at radius 1 is 1.07 bits per heavy atom. The van der Waals surface area contributed by atoms with Crippen molar-refractivity contribution in [3.05, 3.63) is 30.1 Å². The number of benzene rings is 1. The average molecular weight is 434 g/mol. The van der Waals surface area contributed by atoms with Gasteiger partial charge in [-0.05, 0) is 56.6 Å². The largest absolute Gasteiger partial charge is 0.462 e. The second-order valence-corrected chi connectivity index (χ2v) is 7.86. The van der Waals surface area contributed by atoms with Gasteiger partial charge < -0.3 is 15.0 Å². The first kappa shape index (κ1) is 23.2. The summed E-state index contributed by atoms with van der Waals surface area (Å²) in [5, 5.41) is 3.33. The molecule has 1 spiro atoms. The van der Waals surface area contributed by atoms with Crippen LogP contribution >= 0.6 is 24.8 Å². The molecule has 1 aromatic rings. The number of hydrogen-bond acceptors (Lipinski definition) is 5. The van der Waals surface area contributed by atoms with E-state index in [0.717, 1.165) is 77.2 Å². The van der Waals surface area contributed by atoms with Crippen LogP contribution in [0, 0.1) is 11.2 Å². The normalized spacial score (nSPS) is 24.4. The van der Waals surface area contributed by atoms with Crippen LogP contribution in [-0.2, 0) is 9.53 Å². The second-order valence-electron chi connectivity index (χ2n) is 7.86. The number of nitrogens with zero attached hydrogens (tertiary/aromatic N) is 2. The topological polar surface area (TPSA) is 44.8 Å². The van der Waals surface area contributed by atoms with E-state index in [0.29, 0.717) is 0 Å². The molecule has 28 heavy (non-hydrogen) atoms. The number of anilines is 1. The van der Waals surface area contributed by atoms with Crippen molar-refractivity contribution in [2.75, 3.05) is 50.7 Å². The Morgan fingerprint density at radius 3 is 2.36 bits per heavy atom. The number of piperazine rings is 1. The maximum Gasteiger partial charge on any atom is 0.312 e. The van der Waals surface area contributed by atoms with E-state index in [1.807, 2.05) is 12.1 Å². The average Bonchev–Trinajstić information content (AvgIpc) is 2.97. The molecule has 1 aromatic carbocycles. The van der Waals surface area contributed by atoms with Crippen molar-refractivity contribution >= 4 is 36.5 Å². The van der Waals surface area contributed by atoms with Crippen LogP contribution in [0.25, 0.3) is 0 Å². The Labute approximate surface area is 178 Å². The van der Waals surface area contributed by atoms with Gasteiger partial charge in [0.25, 0.3) is 0 Å². The van der Waals surface area contributed by atoms with Gasteiger partial charge in [-0.1, -0.05) is 0 Å². The first-order valence-electron chi connectivity index (χ1n) is 9.79. The minimum Gasteiger partial charge on any atom is -0.462 e. The van der Waals surface area contributed by atoms with E-state index in [2.05, 4.69) is 15.1 Å². The standard InChI is InChI=1S/C20H28FN3O2.2ClH/c21-16-1-3-17(4-2-16)24-13-11-23(12-14-24)10-5-18-15-20(19(25)26-18)6-8-22-9-7-20;;/h1-4,18,22H,5-15H2;2*1H/t18-;;/m0../s1. The monoisotopic (exact) mass is 433 g/mol. The summed E-state index contributed by atoms with van der Waals surface area (Å²) in [6, 6.07) is 6.74. The van der Waals surface area contributed by atoms with Crippen LogP contribution in [0.3, 0.4) is 0 Å². The molecule has 0 radical (unpaired) electrons. The fraction of sp³-hybridized carbons (Fsp3) is 0.650. The highest BCUT2D eigenvalue weighted by atomic mass is 35.5. The van der Waals surface area contributed by atoms with Gasteiger partial charge in [-0.25, -0.2) is 4.39 Å². The lowest BCUT2D eigenvalue weighted by molar-refractivity contribution is -0.150. The Balaban J connectivity index is 0.00000140. The molecule has 3 aliphatic heterocycles. The van der Waals surface area contributed by atoms with Crippen LogP contribution in [0.2, 0.25) is 0 Å².